The Morgan fingerprint density at radius 2 is 1.50 bits per heavy atom. The van der Waals surface area contributed by atoms with Gasteiger partial charge in [0, 0.05) is 25.8 Å². The van der Waals surface area contributed by atoms with E-state index in [4.69, 9.17) is 0 Å². The third-order valence-electron chi connectivity index (χ3n) is 6.10. The molecule has 1 aliphatic rings. The largest absolute Gasteiger partial charge is 0.337 e. The van der Waals surface area contributed by atoms with Crippen LogP contribution in [0.15, 0.2) is 83.8 Å². The quantitative estimate of drug-likeness (QED) is 0.576. The monoisotopic (exact) mass is 429 g/mol. The van der Waals surface area contributed by atoms with E-state index in [0.717, 1.165) is 44.5 Å². The number of rotatable bonds is 7. The van der Waals surface area contributed by atoms with Crippen molar-refractivity contribution in [2.75, 3.05) is 32.7 Å². The Bertz CT molecular complexity index is 1060. The molecule has 1 amide bonds. The first-order chi connectivity index (χ1) is 15.7. The van der Waals surface area contributed by atoms with Crippen LogP contribution in [-0.4, -0.2) is 53.0 Å². The molecule has 0 atom stereocenters. The maximum Gasteiger partial charge on any atom is 0.263 e. The number of aromatic nitrogens is 1. The highest BCUT2D eigenvalue weighted by molar-refractivity contribution is 5.93. The zero-order chi connectivity index (χ0) is 22.2. The maximum absolute atomic E-state index is 13.2. The maximum atomic E-state index is 13.2. The fourth-order valence-electron chi connectivity index (χ4n) is 4.32. The molecule has 166 valence electrons. The first-order valence-corrected chi connectivity index (χ1v) is 11.5. The van der Waals surface area contributed by atoms with Gasteiger partial charge in [0.1, 0.15) is 5.56 Å². The zero-order valence-corrected chi connectivity index (χ0v) is 18.5. The van der Waals surface area contributed by atoms with E-state index in [1.807, 2.05) is 41.3 Å². The smallest absolute Gasteiger partial charge is 0.263 e. The number of hydrogen-bond donors (Lipinski definition) is 0. The Kier molecular flexibility index (Phi) is 7.51. The number of amides is 1. The van der Waals surface area contributed by atoms with Crippen LogP contribution < -0.4 is 5.56 Å². The second-order valence-electron chi connectivity index (χ2n) is 8.42. The molecule has 32 heavy (non-hydrogen) atoms. The van der Waals surface area contributed by atoms with E-state index >= 15 is 0 Å². The molecule has 2 aromatic carbocycles. The van der Waals surface area contributed by atoms with Gasteiger partial charge in [0.05, 0.1) is 6.54 Å². The highest BCUT2D eigenvalue weighted by atomic mass is 16.2. The van der Waals surface area contributed by atoms with E-state index in [-0.39, 0.29) is 17.0 Å². The van der Waals surface area contributed by atoms with Gasteiger partial charge in [0.25, 0.3) is 11.5 Å². The normalized spacial score (nSPS) is 14.8. The summed E-state index contributed by atoms with van der Waals surface area (Å²) in [5, 5.41) is 0. The molecule has 1 saturated heterocycles. The summed E-state index contributed by atoms with van der Waals surface area (Å²) in [4.78, 5) is 30.5. The van der Waals surface area contributed by atoms with Gasteiger partial charge in [-0.15, -0.1) is 0 Å². The van der Waals surface area contributed by atoms with Gasteiger partial charge in [-0.1, -0.05) is 60.7 Å². The highest BCUT2D eigenvalue weighted by Crippen LogP contribution is 2.10. The Morgan fingerprint density at radius 1 is 0.781 bits per heavy atom. The van der Waals surface area contributed by atoms with Crippen molar-refractivity contribution in [2.45, 2.75) is 25.8 Å². The summed E-state index contributed by atoms with van der Waals surface area (Å²) in [6, 6.07) is 23.9. The van der Waals surface area contributed by atoms with Gasteiger partial charge in [-0.3, -0.25) is 9.59 Å². The highest BCUT2D eigenvalue weighted by Gasteiger charge is 2.22. The Balaban J connectivity index is 1.34. The Hall–Kier alpha value is -3.18. The van der Waals surface area contributed by atoms with Gasteiger partial charge < -0.3 is 14.4 Å². The predicted octanol–water partition coefficient (Wildman–Crippen LogP) is 3.68. The van der Waals surface area contributed by atoms with E-state index in [1.165, 1.54) is 5.56 Å². The van der Waals surface area contributed by atoms with Crippen molar-refractivity contribution in [3.8, 4) is 0 Å². The standard InChI is InChI=1S/C27H31N3O2/c31-26(25-15-8-18-30(27(25)32)22-24-12-5-2-6-13-24)29-19-9-17-28(20-21-29)16-7-14-23-10-3-1-4-11-23/h1-6,8,10-13,15,18H,7,9,14,16-17,19-22H2. The minimum Gasteiger partial charge on any atom is -0.337 e. The van der Waals surface area contributed by atoms with Crippen LogP contribution in [0.25, 0.3) is 0 Å². The van der Waals surface area contributed by atoms with E-state index in [9.17, 15) is 9.59 Å². The molecule has 0 saturated carbocycles. The van der Waals surface area contributed by atoms with E-state index in [2.05, 4.69) is 29.2 Å². The molecule has 0 N–H and O–H groups in total. The van der Waals surface area contributed by atoms with Crippen LogP contribution in [0, 0.1) is 0 Å². The van der Waals surface area contributed by atoms with E-state index < -0.39 is 0 Å². The van der Waals surface area contributed by atoms with E-state index in [1.54, 1.807) is 22.9 Å². The number of nitrogens with zero attached hydrogens (tertiary/aromatic N) is 3. The zero-order valence-electron chi connectivity index (χ0n) is 18.5. The Labute approximate surface area is 189 Å². The molecule has 0 bridgehead atoms. The lowest BCUT2D eigenvalue weighted by Crippen LogP contribution is -2.39. The van der Waals surface area contributed by atoms with Gasteiger partial charge in [-0.05, 0) is 55.6 Å². The fraction of sp³-hybridized carbons (Fsp3) is 0.333. The summed E-state index contributed by atoms with van der Waals surface area (Å²) in [7, 11) is 0. The molecule has 1 aliphatic heterocycles. The summed E-state index contributed by atoms with van der Waals surface area (Å²) in [5.74, 6) is -0.149. The molecular weight excluding hydrogens is 398 g/mol. The number of benzene rings is 2. The van der Waals surface area contributed by atoms with Gasteiger partial charge >= 0.3 is 0 Å². The van der Waals surface area contributed by atoms with Crippen molar-refractivity contribution in [2.24, 2.45) is 0 Å². The minimum atomic E-state index is -0.217. The minimum absolute atomic E-state index is 0.149. The third-order valence-corrected chi connectivity index (χ3v) is 6.10. The van der Waals surface area contributed by atoms with Crippen molar-refractivity contribution >= 4 is 5.91 Å². The van der Waals surface area contributed by atoms with Crippen LogP contribution in [0.1, 0.15) is 34.3 Å². The topological polar surface area (TPSA) is 45.6 Å². The number of aryl methyl sites for hydroxylation is 1. The van der Waals surface area contributed by atoms with Crippen molar-refractivity contribution < 1.29 is 4.79 Å². The van der Waals surface area contributed by atoms with Crippen molar-refractivity contribution in [1.29, 1.82) is 0 Å². The molecule has 4 rings (SSSR count). The average molecular weight is 430 g/mol. The molecule has 0 spiro atoms. The second-order valence-corrected chi connectivity index (χ2v) is 8.42. The lowest BCUT2D eigenvalue weighted by molar-refractivity contribution is 0.0759. The van der Waals surface area contributed by atoms with Crippen molar-refractivity contribution in [1.82, 2.24) is 14.4 Å². The van der Waals surface area contributed by atoms with Crippen molar-refractivity contribution in [3.05, 3.63) is 106 Å². The first kappa shape index (κ1) is 22.0. The molecule has 5 heteroatoms. The van der Waals surface area contributed by atoms with Crippen LogP contribution in [0.3, 0.4) is 0 Å². The number of carbonyl (C=O) groups is 1. The van der Waals surface area contributed by atoms with Crippen LogP contribution in [0.2, 0.25) is 0 Å². The summed E-state index contributed by atoms with van der Waals surface area (Å²) >= 11 is 0. The third kappa shape index (κ3) is 5.74. The van der Waals surface area contributed by atoms with Gasteiger partial charge in [0.2, 0.25) is 0 Å². The number of pyridine rings is 1. The molecule has 2 heterocycles. The second kappa shape index (κ2) is 10.9. The summed E-state index contributed by atoms with van der Waals surface area (Å²) in [5.41, 5.74) is 2.46. The summed E-state index contributed by atoms with van der Waals surface area (Å²) in [6.07, 6.45) is 4.87. The van der Waals surface area contributed by atoms with E-state index in [0.29, 0.717) is 19.6 Å². The number of carbonyl (C=O) groups excluding carboxylic acids is 1. The molecule has 3 aromatic rings. The molecule has 5 nitrogen and oxygen atoms in total. The Morgan fingerprint density at radius 3 is 2.25 bits per heavy atom. The molecule has 0 aliphatic carbocycles. The predicted molar refractivity (Wildman–Crippen MR) is 128 cm³/mol. The summed E-state index contributed by atoms with van der Waals surface area (Å²) < 4.78 is 1.62. The molecule has 1 aromatic heterocycles. The van der Waals surface area contributed by atoms with Gasteiger partial charge in [-0.2, -0.15) is 0 Å². The fourth-order valence-corrected chi connectivity index (χ4v) is 4.32. The van der Waals surface area contributed by atoms with Gasteiger partial charge in [0.15, 0.2) is 0 Å². The van der Waals surface area contributed by atoms with Crippen LogP contribution in [0.4, 0.5) is 0 Å². The van der Waals surface area contributed by atoms with Crippen LogP contribution in [0.5, 0.6) is 0 Å². The molecule has 0 radical (unpaired) electrons. The SMILES string of the molecule is O=C(c1cccn(Cc2ccccc2)c1=O)N1CCCN(CCCc2ccccc2)CC1. The lowest BCUT2D eigenvalue weighted by atomic mass is 10.1. The van der Waals surface area contributed by atoms with Gasteiger partial charge in [-0.25, -0.2) is 0 Å². The molecule has 0 unspecified atom stereocenters. The number of hydrogen-bond acceptors (Lipinski definition) is 3. The lowest BCUT2D eigenvalue weighted by Gasteiger charge is -2.22. The van der Waals surface area contributed by atoms with Crippen LogP contribution in [-0.2, 0) is 13.0 Å². The molecule has 1 fully saturated rings. The summed E-state index contributed by atoms with van der Waals surface area (Å²) in [6.45, 7) is 4.71. The van der Waals surface area contributed by atoms with Crippen molar-refractivity contribution in [3.63, 3.8) is 0 Å². The average Bonchev–Trinajstić information content (AvgIpc) is 3.07. The first-order valence-electron chi connectivity index (χ1n) is 11.5. The van der Waals surface area contributed by atoms with Crippen LogP contribution >= 0.6 is 0 Å². The molecular formula is C27H31N3O2.